The van der Waals surface area contributed by atoms with Crippen molar-refractivity contribution in [2.24, 2.45) is 0 Å². The number of hydrogen-bond donors (Lipinski definition) is 1. The summed E-state index contributed by atoms with van der Waals surface area (Å²) in [4.78, 5) is 0. The van der Waals surface area contributed by atoms with Crippen LogP contribution in [0.15, 0.2) is 31.4 Å². The lowest BCUT2D eigenvalue weighted by Crippen LogP contribution is -1.87. The molecule has 0 saturated heterocycles. The van der Waals surface area contributed by atoms with Gasteiger partial charge in [0.15, 0.2) is 0 Å². The van der Waals surface area contributed by atoms with E-state index in [1.54, 1.807) is 0 Å². The molecule has 0 aliphatic carbocycles. The average molecular weight is 164 g/mol. The highest BCUT2D eigenvalue weighted by molar-refractivity contribution is 5.29. The van der Waals surface area contributed by atoms with Crippen LogP contribution < -0.4 is 0 Å². The van der Waals surface area contributed by atoms with E-state index in [9.17, 15) is 0 Å². The van der Waals surface area contributed by atoms with Crippen LogP contribution >= 0.6 is 0 Å². The van der Waals surface area contributed by atoms with Crippen LogP contribution in [0.5, 0.6) is 0 Å². The van der Waals surface area contributed by atoms with E-state index in [1.807, 2.05) is 26.0 Å². The van der Waals surface area contributed by atoms with Gasteiger partial charge >= 0.3 is 0 Å². The third-order valence-corrected chi connectivity index (χ3v) is 1.67. The molecule has 0 amide bonds. The molecule has 1 aromatic rings. The zero-order chi connectivity index (χ0) is 9.56. The van der Waals surface area contributed by atoms with Gasteiger partial charge in [0.25, 0.3) is 0 Å². The first-order chi connectivity index (χ1) is 5.74. The van der Waals surface area contributed by atoms with E-state index in [0.717, 1.165) is 5.56 Å². The molecular weight excluding hydrogens is 148 g/mol. The Kier molecular flexibility index (Phi) is 5.06. The summed E-state index contributed by atoms with van der Waals surface area (Å²) in [7, 11) is 0. The number of rotatable bonds is 1. The fourth-order valence-corrected chi connectivity index (χ4v) is 1.02. The van der Waals surface area contributed by atoms with Gasteiger partial charge in [0.2, 0.25) is 0 Å². The summed E-state index contributed by atoms with van der Waals surface area (Å²) >= 11 is 0. The maximum Gasteiger partial charge on any atom is 0.0684 e. The molecule has 1 rings (SSSR count). The second-order valence-electron chi connectivity index (χ2n) is 2.59. The third-order valence-electron chi connectivity index (χ3n) is 1.67. The summed E-state index contributed by atoms with van der Waals surface area (Å²) in [5, 5.41) is 8.81. The molecule has 66 valence electrons. The summed E-state index contributed by atoms with van der Waals surface area (Å²) in [6.07, 6.45) is 0. The lowest BCUT2D eigenvalue weighted by molar-refractivity contribution is 0.281. The van der Waals surface area contributed by atoms with Crippen molar-refractivity contribution in [2.75, 3.05) is 0 Å². The maximum absolute atomic E-state index is 8.81. The summed E-state index contributed by atoms with van der Waals surface area (Å²) in [6.45, 7) is 10.2. The maximum atomic E-state index is 8.81. The average Bonchev–Trinajstić information content (AvgIpc) is 2.08. The van der Waals surface area contributed by atoms with Crippen LogP contribution in [0.1, 0.15) is 16.7 Å². The molecule has 0 radical (unpaired) electrons. The number of benzene rings is 1. The lowest BCUT2D eigenvalue weighted by atomic mass is 10.1. The number of hydrogen-bond acceptors (Lipinski definition) is 1. The minimum atomic E-state index is 0.145. The molecule has 1 nitrogen and oxygen atoms in total. The van der Waals surface area contributed by atoms with Gasteiger partial charge < -0.3 is 5.11 Å². The van der Waals surface area contributed by atoms with Crippen LogP contribution in [-0.2, 0) is 6.61 Å². The number of aliphatic hydroxyl groups is 1. The van der Waals surface area contributed by atoms with Gasteiger partial charge in [0.05, 0.1) is 6.61 Å². The molecule has 12 heavy (non-hydrogen) atoms. The van der Waals surface area contributed by atoms with Crippen molar-refractivity contribution in [3.63, 3.8) is 0 Å². The first kappa shape index (κ1) is 10.9. The molecule has 0 aliphatic rings. The van der Waals surface area contributed by atoms with Crippen LogP contribution in [0.3, 0.4) is 0 Å². The quantitative estimate of drug-likeness (QED) is 0.632. The van der Waals surface area contributed by atoms with Crippen molar-refractivity contribution in [1.29, 1.82) is 0 Å². The minimum absolute atomic E-state index is 0.145. The number of aliphatic hydroxyl groups excluding tert-OH is 1. The molecule has 0 unspecified atom stereocenters. The molecule has 0 aliphatic heterocycles. The van der Waals surface area contributed by atoms with Gasteiger partial charge in [-0.3, -0.25) is 0 Å². The SMILES string of the molecule is C=C.Cc1ccc(CO)c(C)c1. The fourth-order valence-electron chi connectivity index (χ4n) is 1.02. The molecule has 0 saturated carbocycles. The van der Waals surface area contributed by atoms with Crippen molar-refractivity contribution >= 4 is 0 Å². The highest BCUT2D eigenvalue weighted by Gasteiger charge is 1.94. The van der Waals surface area contributed by atoms with Gasteiger partial charge in [-0.1, -0.05) is 23.8 Å². The zero-order valence-corrected chi connectivity index (χ0v) is 7.80. The Labute approximate surface area is 74.4 Å². The first-order valence-corrected chi connectivity index (χ1v) is 3.91. The van der Waals surface area contributed by atoms with E-state index in [-0.39, 0.29) is 6.61 Å². The van der Waals surface area contributed by atoms with E-state index in [4.69, 9.17) is 5.11 Å². The second-order valence-corrected chi connectivity index (χ2v) is 2.59. The summed E-state index contributed by atoms with van der Waals surface area (Å²) in [6, 6.07) is 6.05. The molecule has 0 fully saturated rings. The Hall–Kier alpha value is -1.08. The van der Waals surface area contributed by atoms with E-state index in [2.05, 4.69) is 19.2 Å². The Balaban J connectivity index is 0.000000561. The van der Waals surface area contributed by atoms with Crippen molar-refractivity contribution in [1.82, 2.24) is 0 Å². The Morgan fingerprint density at radius 2 is 1.83 bits per heavy atom. The van der Waals surface area contributed by atoms with E-state index < -0.39 is 0 Å². The van der Waals surface area contributed by atoms with Crippen LogP contribution in [0.2, 0.25) is 0 Å². The van der Waals surface area contributed by atoms with E-state index in [1.165, 1.54) is 11.1 Å². The minimum Gasteiger partial charge on any atom is -0.392 e. The normalized spacial score (nSPS) is 8.58. The van der Waals surface area contributed by atoms with Crippen molar-refractivity contribution in [2.45, 2.75) is 20.5 Å². The molecule has 0 heterocycles. The Morgan fingerprint density at radius 3 is 2.25 bits per heavy atom. The smallest absolute Gasteiger partial charge is 0.0684 e. The van der Waals surface area contributed by atoms with Crippen molar-refractivity contribution < 1.29 is 5.11 Å². The highest BCUT2D eigenvalue weighted by atomic mass is 16.3. The van der Waals surface area contributed by atoms with E-state index in [0.29, 0.717) is 0 Å². The standard InChI is InChI=1S/C9H12O.C2H4/c1-7-3-4-9(6-10)8(2)5-7;1-2/h3-5,10H,6H2,1-2H3;1-2H2. The molecule has 0 spiro atoms. The Morgan fingerprint density at radius 1 is 1.25 bits per heavy atom. The summed E-state index contributed by atoms with van der Waals surface area (Å²) in [5.41, 5.74) is 3.43. The van der Waals surface area contributed by atoms with Crippen LogP contribution in [0.4, 0.5) is 0 Å². The molecule has 1 N–H and O–H groups in total. The third kappa shape index (κ3) is 2.89. The zero-order valence-electron chi connectivity index (χ0n) is 7.80. The summed E-state index contributed by atoms with van der Waals surface area (Å²) in [5.74, 6) is 0. The van der Waals surface area contributed by atoms with Crippen LogP contribution in [-0.4, -0.2) is 5.11 Å². The molecule has 1 heteroatoms. The molecule has 1 aromatic carbocycles. The number of aryl methyl sites for hydroxylation is 2. The van der Waals surface area contributed by atoms with Gasteiger partial charge in [-0.2, -0.15) is 0 Å². The molecule has 0 aromatic heterocycles. The molecular formula is C11H16O. The second kappa shape index (κ2) is 5.56. The monoisotopic (exact) mass is 164 g/mol. The van der Waals surface area contributed by atoms with Crippen LogP contribution in [0.25, 0.3) is 0 Å². The largest absolute Gasteiger partial charge is 0.392 e. The van der Waals surface area contributed by atoms with Gasteiger partial charge in [0, 0.05) is 0 Å². The molecule has 0 bridgehead atoms. The van der Waals surface area contributed by atoms with E-state index >= 15 is 0 Å². The summed E-state index contributed by atoms with van der Waals surface area (Å²) < 4.78 is 0. The van der Waals surface area contributed by atoms with Crippen molar-refractivity contribution in [3.8, 4) is 0 Å². The van der Waals surface area contributed by atoms with Gasteiger partial charge in [0.1, 0.15) is 0 Å². The first-order valence-electron chi connectivity index (χ1n) is 3.91. The van der Waals surface area contributed by atoms with Gasteiger partial charge in [-0.25, -0.2) is 0 Å². The molecule has 0 atom stereocenters. The van der Waals surface area contributed by atoms with Gasteiger partial charge in [-0.15, -0.1) is 13.2 Å². The van der Waals surface area contributed by atoms with Crippen LogP contribution in [0, 0.1) is 13.8 Å². The lowest BCUT2D eigenvalue weighted by Gasteiger charge is -2.01. The van der Waals surface area contributed by atoms with Crippen molar-refractivity contribution in [3.05, 3.63) is 48.0 Å². The van der Waals surface area contributed by atoms with Gasteiger partial charge in [-0.05, 0) is 25.0 Å². The fraction of sp³-hybridized carbons (Fsp3) is 0.273. The predicted octanol–water partition coefficient (Wildman–Crippen LogP) is 2.60. The Bertz CT molecular complexity index is 241. The predicted molar refractivity (Wildman–Crippen MR) is 53.1 cm³/mol. The topological polar surface area (TPSA) is 20.2 Å². The highest BCUT2D eigenvalue weighted by Crippen LogP contribution is 2.09.